The minimum atomic E-state index is 0.178. The summed E-state index contributed by atoms with van der Waals surface area (Å²) in [5, 5.41) is 3.00. The second-order valence-corrected chi connectivity index (χ2v) is 5.68. The van der Waals surface area contributed by atoms with Crippen LogP contribution in [0.2, 0.25) is 0 Å². The van der Waals surface area contributed by atoms with E-state index in [1.54, 1.807) is 0 Å². The summed E-state index contributed by atoms with van der Waals surface area (Å²) in [7, 11) is 0. The molecule has 0 N–H and O–H groups in total. The Labute approximate surface area is 110 Å². The normalized spacial score (nSPS) is 10.8. The van der Waals surface area contributed by atoms with Gasteiger partial charge in [-0.2, -0.15) is 0 Å². The average molecular weight is 306 g/mol. The molecule has 0 aliphatic heterocycles. The Kier molecular flexibility index (Phi) is 7.85. The first-order chi connectivity index (χ1) is 7.84. The summed E-state index contributed by atoms with van der Waals surface area (Å²) in [5.41, 5.74) is 0. The topological polar surface area (TPSA) is 22.0 Å². The summed E-state index contributed by atoms with van der Waals surface area (Å²) in [6.45, 7) is 0.893. The first kappa shape index (κ1) is 14.0. The van der Waals surface area contributed by atoms with E-state index in [9.17, 15) is 4.79 Å². The van der Waals surface area contributed by atoms with Gasteiger partial charge in [-0.3, -0.25) is 4.79 Å². The molecule has 1 rings (SSSR count). The van der Waals surface area contributed by atoms with Crippen LogP contribution in [0.1, 0.15) is 44.9 Å². The highest BCUT2D eigenvalue weighted by Gasteiger charge is 1.96. The Morgan fingerprint density at radius 2 is 1.69 bits per heavy atom. The Morgan fingerprint density at radius 3 is 2.25 bits per heavy atom. The van der Waals surface area contributed by atoms with Gasteiger partial charge in [-0.1, -0.05) is 59.4 Å². The van der Waals surface area contributed by atoms with Crippen molar-refractivity contribution in [2.45, 2.75) is 51.5 Å². The number of hydrogen-bond donors (Lipinski definition) is 0. The molecule has 0 atom stereocenters. The zero-order chi connectivity index (χ0) is 11.6. The maximum absolute atomic E-state index is 11.2. The lowest BCUT2D eigenvalue weighted by Gasteiger charge is -2.02. The van der Waals surface area contributed by atoms with E-state index < -0.39 is 0 Å². The number of aryl methyl sites for hydroxylation is 1. The zero-order valence-corrected chi connectivity index (χ0v) is 12.1. The largest absolute Gasteiger partial charge is 0.307 e. The molecule has 1 aromatic rings. The summed E-state index contributed by atoms with van der Waals surface area (Å²) in [5.74, 6) is 0. The van der Waals surface area contributed by atoms with Crippen LogP contribution in [0, 0.1) is 0 Å². The first-order valence-corrected chi connectivity index (χ1v) is 8.04. The number of nitrogens with zero attached hydrogens (tertiary/aromatic N) is 1. The molecule has 0 aliphatic rings. The fourth-order valence-corrected chi connectivity index (χ4v) is 2.73. The fraction of sp³-hybridized carbons (Fsp3) is 0.750. The van der Waals surface area contributed by atoms with Crippen molar-refractivity contribution in [3.05, 3.63) is 21.2 Å². The van der Waals surface area contributed by atoms with Crippen LogP contribution in [0.5, 0.6) is 0 Å². The van der Waals surface area contributed by atoms with Crippen LogP contribution in [-0.2, 0) is 6.54 Å². The predicted octanol–water partition coefficient (Wildman–Crippen LogP) is 4.04. The summed E-state index contributed by atoms with van der Waals surface area (Å²) in [6.07, 6.45) is 10.9. The van der Waals surface area contributed by atoms with Crippen molar-refractivity contribution in [3.63, 3.8) is 0 Å². The highest BCUT2D eigenvalue weighted by molar-refractivity contribution is 9.09. The summed E-state index contributed by atoms with van der Waals surface area (Å²) in [6, 6.07) is 0. The molecule has 4 heteroatoms. The zero-order valence-electron chi connectivity index (χ0n) is 9.66. The van der Waals surface area contributed by atoms with Gasteiger partial charge in [-0.15, -0.1) is 0 Å². The number of hydrogen-bond acceptors (Lipinski definition) is 2. The molecule has 0 saturated heterocycles. The van der Waals surface area contributed by atoms with Crippen LogP contribution in [0.3, 0.4) is 0 Å². The molecule has 0 saturated carbocycles. The Hall–Kier alpha value is -0.0900. The van der Waals surface area contributed by atoms with E-state index in [1.165, 1.54) is 49.9 Å². The van der Waals surface area contributed by atoms with E-state index in [0.717, 1.165) is 18.3 Å². The van der Waals surface area contributed by atoms with Crippen molar-refractivity contribution < 1.29 is 0 Å². The maximum Gasteiger partial charge on any atom is 0.307 e. The maximum atomic E-state index is 11.2. The molecule has 0 radical (unpaired) electrons. The van der Waals surface area contributed by atoms with Gasteiger partial charge in [0.2, 0.25) is 0 Å². The lowest BCUT2D eigenvalue weighted by atomic mass is 10.1. The number of thiazole rings is 1. The van der Waals surface area contributed by atoms with Gasteiger partial charge >= 0.3 is 4.87 Å². The van der Waals surface area contributed by atoms with Gasteiger partial charge in [-0.05, 0) is 12.8 Å². The van der Waals surface area contributed by atoms with Crippen molar-refractivity contribution in [1.29, 1.82) is 0 Å². The fourth-order valence-electron chi connectivity index (χ4n) is 1.72. The van der Waals surface area contributed by atoms with Crippen LogP contribution >= 0.6 is 27.3 Å². The summed E-state index contributed by atoms with van der Waals surface area (Å²) >= 11 is 4.73. The van der Waals surface area contributed by atoms with Crippen molar-refractivity contribution in [1.82, 2.24) is 4.57 Å². The summed E-state index contributed by atoms with van der Waals surface area (Å²) < 4.78 is 1.81. The molecule has 92 valence electrons. The molecule has 0 unspecified atom stereocenters. The molecular weight excluding hydrogens is 286 g/mol. The van der Waals surface area contributed by atoms with Crippen molar-refractivity contribution >= 4 is 27.3 Å². The number of aromatic nitrogens is 1. The molecule has 2 nitrogen and oxygen atoms in total. The average Bonchev–Trinajstić information content (AvgIpc) is 2.68. The van der Waals surface area contributed by atoms with Crippen LogP contribution in [-0.4, -0.2) is 9.90 Å². The van der Waals surface area contributed by atoms with Gasteiger partial charge in [0.25, 0.3) is 0 Å². The van der Waals surface area contributed by atoms with Gasteiger partial charge in [0.1, 0.15) is 0 Å². The molecule has 0 aliphatic carbocycles. The molecular formula is C12H20BrNOS. The Bertz CT molecular complexity index is 321. The monoisotopic (exact) mass is 305 g/mol. The second-order valence-electron chi connectivity index (χ2n) is 4.03. The van der Waals surface area contributed by atoms with Crippen LogP contribution < -0.4 is 4.87 Å². The minimum Gasteiger partial charge on any atom is -0.306 e. The Morgan fingerprint density at radius 1 is 1.06 bits per heavy atom. The number of unbranched alkanes of at least 4 members (excludes halogenated alkanes) is 6. The molecule has 0 aromatic carbocycles. The van der Waals surface area contributed by atoms with Gasteiger partial charge < -0.3 is 4.57 Å². The Balaban J connectivity index is 1.93. The van der Waals surface area contributed by atoms with Gasteiger partial charge in [0, 0.05) is 23.5 Å². The summed E-state index contributed by atoms with van der Waals surface area (Å²) in [4.78, 5) is 11.4. The number of alkyl halides is 1. The minimum absolute atomic E-state index is 0.178. The van der Waals surface area contributed by atoms with Crippen molar-refractivity contribution in [2.75, 3.05) is 5.33 Å². The van der Waals surface area contributed by atoms with E-state index in [1.807, 2.05) is 16.1 Å². The quantitative estimate of drug-likeness (QED) is 0.498. The molecule has 0 fully saturated rings. The second kappa shape index (κ2) is 8.99. The molecule has 1 aromatic heterocycles. The third-order valence-electron chi connectivity index (χ3n) is 2.68. The van der Waals surface area contributed by atoms with Crippen molar-refractivity contribution in [2.24, 2.45) is 0 Å². The number of halogens is 1. The lowest BCUT2D eigenvalue weighted by molar-refractivity contribution is 0.548. The first-order valence-electron chi connectivity index (χ1n) is 6.04. The van der Waals surface area contributed by atoms with Crippen molar-refractivity contribution in [3.8, 4) is 0 Å². The molecule has 0 amide bonds. The highest BCUT2D eigenvalue weighted by Crippen LogP contribution is 2.08. The molecule has 0 bridgehead atoms. The third-order valence-corrected chi connectivity index (χ3v) is 3.93. The van der Waals surface area contributed by atoms with E-state index in [4.69, 9.17) is 0 Å². The van der Waals surface area contributed by atoms with E-state index in [2.05, 4.69) is 15.9 Å². The third kappa shape index (κ3) is 5.85. The predicted molar refractivity (Wildman–Crippen MR) is 74.7 cm³/mol. The highest BCUT2D eigenvalue weighted by atomic mass is 79.9. The van der Waals surface area contributed by atoms with Gasteiger partial charge in [-0.25, -0.2) is 0 Å². The van der Waals surface area contributed by atoms with Crippen LogP contribution in [0.4, 0.5) is 0 Å². The lowest BCUT2D eigenvalue weighted by Crippen LogP contribution is -2.11. The smallest absolute Gasteiger partial charge is 0.306 e. The van der Waals surface area contributed by atoms with Gasteiger partial charge in [0.15, 0.2) is 0 Å². The SMILES string of the molecule is O=c1sccn1CCCCCCCCCBr. The number of rotatable bonds is 9. The molecule has 1 heterocycles. The molecule has 16 heavy (non-hydrogen) atoms. The van der Waals surface area contributed by atoms with E-state index >= 15 is 0 Å². The standard InChI is InChI=1S/C12H20BrNOS/c13-8-6-4-2-1-3-5-7-9-14-10-11-16-12(14)15/h10-11H,1-9H2. The molecule has 0 spiro atoms. The van der Waals surface area contributed by atoms with E-state index in [-0.39, 0.29) is 4.87 Å². The van der Waals surface area contributed by atoms with Crippen LogP contribution in [0.25, 0.3) is 0 Å². The van der Waals surface area contributed by atoms with E-state index in [0.29, 0.717) is 0 Å². The van der Waals surface area contributed by atoms with Crippen LogP contribution in [0.15, 0.2) is 16.4 Å². The van der Waals surface area contributed by atoms with Gasteiger partial charge in [0.05, 0.1) is 0 Å².